The van der Waals surface area contributed by atoms with Crippen LogP contribution in [0.2, 0.25) is 0 Å². The van der Waals surface area contributed by atoms with E-state index in [4.69, 9.17) is 12.7 Å². The first-order valence-electron chi connectivity index (χ1n) is 24.9. The molecule has 0 radical (unpaired) electrons. The molecule has 0 atom stereocenters. The molecule has 0 unspecified atom stereocenters. The largest absolute Gasteiger partial charge is 0.507 e. The summed E-state index contributed by atoms with van der Waals surface area (Å²) in [6.45, 7) is 24.9. The van der Waals surface area contributed by atoms with Gasteiger partial charge in [0.25, 0.3) is 0 Å². The zero-order chi connectivity index (χ0) is 50.1. The van der Waals surface area contributed by atoms with Gasteiger partial charge >= 0.3 is 0 Å². The van der Waals surface area contributed by atoms with Gasteiger partial charge in [0.2, 0.25) is 0 Å². The molecule has 9 rings (SSSR count). The van der Waals surface area contributed by atoms with Crippen LogP contribution in [0.1, 0.15) is 117 Å². The maximum Gasteiger partial charge on any atom is 0.149 e. The lowest BCUT2D eigenvalue weighted by Crippen LogP contribution is -2.17. The van der Waals surface area contributed by atoms with Crippen LogP contribution >= 0.6 is 0 Å². The molecule has 0 saturated carbocycles. The van der Waals surface area contributed by atoms with Crippen LogP contribution in [0.5, 0.6) is 5.75 Å². The number of aromatic hydroxyl groups is 1. The van der Waals surface area contributed by atoms with Crippen molar-refractivity contribution in [3.05, 3.63) is 191 Å². The van der Waals surface area contributed by atoms with Crippen molar-refractivity contribution in [1.82, 2.24) is 14.5 Å². The number of phenols is 1. The van der Waals surface area contributed by atoms with E-state index in [2.05, 4.69) is 199 Å². The maximum absolute atomic E-state index is 12.5. The van der Waals surface area contributed by atoms with Crippen molar-refractivity contribution in [2.45, 2.75) is 106 Å². The minimum atomic E-state index is -0.841. The number of hydrogen-bond acceptors (Lipinski definition) is 3. The summed E-state index contributed by atoms with van der Waals surface area (Å²) < 4.78 is 20.1. The first kappa shape index (κ1) is 43.5. The molecule has 0 saturated heterocycles. The Hall–Kier alpha value is -7.04. The standard InChI is InChI=1S/C64H65N3O/c1-39(2)47-30-48(40(3)4)32-50(31-47)45-25-26-58(42(6)29-45)67-59-20-16-19-54(60(59)66-62(67)55-37-53(63(7,8)9)38-56(61(55)68)64(10,11)12)51-33-49(43-17-14-13-15-18-43)34-52(35-51)57-36-46(27-28-65-57)44-23-21-41(5)22-24-44/h13-40,68H,1-12H3/i39D,40D. The van der Waals surface area contributed by atoms with Gasteiger partial charge < -0.3 is 5.11 Å². The number of imidazole rings is 1. The molecule has 2 heterocycles. The summed E-state index contributed by atoms with van der Waals surface area (Å²) in [6.07, 6.45) is 1.90. The van der Waals surface area contributed by atoms with E-state index >= 15 is 0 Å². The second kappa shape index (κ2) is 17.9. The van der Waals surface area contributed by atoms with Crippen LogP contribution in [0.25, 0.3) is 83.9 Å². The third-order valence-electron chi connectivity index (χ3n) is 13.4. The van der Waals surface area contributed by atoms with E-state index in [0.29, 0.717) is 11.4 Å². The molecule has 0 bridgehead atoms. The predicted octanol–water partition coefficient (Wildman–Crippen LogP) is 17.6. The summed E-state index contributed by atoms with van der Waals surface area (Å²) in [5, 5.41) is 12.5. The van der Waals surface area contributed by atoms with Crippen molar-refractivity contribution >= 4 is 11.0 Å². The highest BCUT2D eigenvalue weighted by Gasteiger charge is 2.29. The molecule has 68 heavy (non-hydrogen) atoms. The Labute approximate surface area is 407 Å². The van der Waals surface area contributed by atoms with Crippen molar-refractivity contribution in [2.24, 2.45) is 0 Å². The van der Waals surface area contributed by atoms with E-state index in [9.17, 15) is 5.11 Å². The Morgan fingerprint density at radius 3 is 1.79 bits per heavy atom. The van der Waals surface area contributed by atoms with E-state index < -0.39 is 11.8 Å². The summed E-state index contributed by atoms with van der Waals surface area (Å²) in [4.78, 5) is 10.6. The monoisotopic (exact) mass is 894 g/mol. The summed E-state index contributed by atoms with van der Waals surface area (Å²) in [5.41, 5.74) is 18.9. The van der Waals surface area contributed by atoms with Crippen LogP contribution in [-0.2, 0) is 10.8 Å². The molecule has 4 nitrogen and oxygen atoms in total. The van der Waals surface area contributed by atoms with E-state index in [1.165, 1.54) is 5.56 Å². The van der Waals surface area contributed by atoms with Gasteiger partial charge in [0, 0.05) is 25.6 Å². The molecule has 7 aromatic carbocycles. The van der Waals surface area contributed by atoms with Gasteiger partial charge in [-0.15, -0.1) is 0 Å². The van der Waals surface area contributed by atoms with Crippen molar-refractivity contribution in [3.63, 3.8) is 0 Å². The van der Waals surface area contributed by atoms with Crippen molar-refractivity contribution in [2.75, 3.05) is 0 Å². The summed E-state index contributed by atoms with van der Waals surface area (Å²) >= 11 is 0. The second-order valence-electron chi connectivity index (χ2n) is 21.1. The topological polar surface area (TPSA) is 50.9 Å². The second-order valence-corrected chi connectivity index (χ2v) is 21.1. The van der Waals surface area contributed by atoms with Crippen LogP contribution in [0, 0.1) is 13.8 Å². The quantitative estimate of drug-likeness (QED) is 0.157. The van der Waals surface area contributed by atoms with Gasteiger partial charge in [-0.2, -0.15) is 0 Å². The van der Waals surface area contributed by atoms with Crippen LogP contribution in [-0.4, -0.2) is 19.6 Å². The Balaban J connectivity index is 1.31. The molecule has 4 heteroatoms. The van der Waals surface area contributed by atoms with Crippen LogP contribution in [0.3, 0.4) is 0 Å². The molecule has 2 aromatic heterocycles. The van der Waals surface area contributed by atoms with E-state index in [1.54, 1.807) is 0 Å². The van der Waals surface area contributed by atoms with E-state index in [0.717, 1.165) is 100 Å². The molecule has 0 aliphatic carbocycles. The van der Waals surface area contributed by atoms with Gasteiger partial charge in [-0.3, -0.25) is 9.55 Å². The highest BCUT2D eigenvalue weighted by atomic mass is 16.3. The minimum Gasteiger partial charge on any atom is -0.507 e. The molecule has 0 fully saturated rings. The summed E-state index contributed by atoms with van der Waals surface area (Å²) in [6, 6.07) is 53.4. The fraction of sp³-hybridized carbons (Fsp3) is 0.250. The van der Waals surface area contributed by atoms with Gasteiger partial charge in [0.05, 0.1) is 28.0 Å². The van der Waals surface area contributed by atoms with E-state index in [-0.39, 0.29) is 16.6 Å². The molecule has 1 N–H and O–H groups in total. The molecule has 342 valence electrons. The van der Waals surface area contributed by atoms with Crippen molar-refractivity contribution < 1.29 is 7.85 Å². The first-order valence-corrected chi connectivity index (χ1v) is 23.9. The number of phenolic OH excluding ortho intramolecular Hbond substituents is 1. The zero-order valence-corrected chi connectivity index (χ0v) is 41.8. The normalized spacial score (nSPS) is 12.9. The Kier molecular flexibility index (Phi) is 11.4. The number of aromatic nitrogens is 3. The van der Waals surface area contributed by atoms with Crippen LogP contribution < -0.4 is 0 Å². The summed E-state index contributed by atoms with van der Waals surface area (Å²) in [5.74, 6) is -0.810. The average Bonchev–Trinajstić information content (AvgIpc) is 3.70. The first-order chi connectivity index (χ1) is 32.9. The smallest absolute Gasteiger partial charge is 0.149 e. The lowest BCUT2D eigenvalue weighted by Gasteiger charge is -2.27. The number of rotatable bonds is 9. The van der Waals surface area contributed by atoms with Gasteiger partial charge in [-0.05, 0) is 152 Å². The summed E-state index contributed by atoms with van der Waals surface area (Å²) in [7, 11) is 0. The van der Waals surface area contributed by atoms with Gasteiger partial charge in [0.1, 0.15) is 11.6 Å². The van der Waals surface area contributed by atoms with Gasteiger partial charge in [-0.1, -0.05) is 172 Å². The molecule has 0 aliphatic heterocycles. The average molecular weight is 894 g/mol. The fourth-order valence-corrected chi connectivity index (χ4v) is 9.27. The number of benzene rings is 7. The minimum absolute atomic E-state index is 0.213. The van der Waals surface area contributed by atoms with Gasteiger partial charge in [-0.25, -0.2) is 4.98 Å². The number of nitrogens with zero attached hydrogens (tertiary/aromatic N) is 3. The predicted molar refractivity (Wildman–Crippen MR) is 288 cm³/mol. The highest BCUT2D eigenvalue weighted by Crippen LogP contribution is 2.45. The number of aryl methyl sites for hydroxylation is 2. The lowest BCUT2D eigenvalue weighted by atomic mass is 9.79. The lowest BCUT2D eigenvalue weighted by molar-refractivity contribution is 0.446. The third-order valence-corrected chi connectivity index (χ3v) is 13.4. The van der Waals surface area contributed by atoms with Gasteiger partial charge in [0.15, 0.2) is 0 Å². The Bertz CT molecular complexity index is 3400. The Morgan fingerprint density at radius 1 is 0.529 bits per heavy atom. The molecule has 0 amide bonds. The van der Waals surface area contributed by atoms with Crippen molar-refractivity contribution in [1.29, 1.82) is 0 Å². The molecule has 0 aliphatic rings. The number of pyridine rings is 1. The van der Waals surface area contributed by atoms with Crippen LogP contribution in [0.15, 0.2) is 158 Å². The van der Waals surface area contributed by atoms with Crippen molar-refractivity contribution in [3.8, 4) is 78.6 Å². The maximum atomic E-state index is 12.5. The van der Waals surface area contributed by atoms with Crippen LogP contribution in [0.4, 0.5) is 0 Å². The number of para-hydroxylation sites is 1. The molecular weight excluding hydrogens is 827 g/mol. The number of hydrogen-bond donors (Lipinski definition) is 1. The molecule has 9 aromatic rings. The molecule has 0 spiro atoms. The number of fused-ring (bicyclic) bond motifs is 1. The Morgan fingerprint density at radius 2 is 1.15 bits per heavy atom. The highest BCUT2D eigenvalue weighted by molar-refractivity contribution is 5.98. The third kappa shape index (κ3) is 9.05. The van der Waals surface area contributed by atoms with E-state index in [1.807, 2.05) is 46.0 Å². The zero-order valence-electron chi connectivity index (χ0n) is 43.8. The SMILES string of the molecule is [2H]C(C)(C)c1cc(-c2ccc(-n3c(-c4cc(C(C)(C)C)cc(C(C)(C)C)c4O)nc4c(-c5cc(-c6ccccc6)cc(-c6cc(-c7ccc(C)cc7)ccn6)c5)cccc43)c(C)c2)cc(C([2H])(C)C)c1. The molecular formula is C64H65N3O. The fourth-order valence-electron chi connectivity index (χ4n) is 9.27.